The fourth-order valence-electron chi connectivity index (χ4n) is 2.58. The molecule has 1 saturated heterocycles. The smallest absolute Gasteiger partial charge is 0.251 e. The summed E-state index contributed by atoms with van der Waals surface area (Å²) in [6, 6.07) is 4.45. The standard InChI is InChI=1S/C15H17FN4O2/c1-10-18-13(6-15(21)19-10)14-9-22-5-4-20(14)8-12-3-2-11(16)7-17-12/h2-3,6-7,14H,4-5,8-9H2,1H3,(H,18,19,21)/t14-/m1/s1. The molecule has 0 radical (unpaired) electrons. The molecule has 6 nitrogen and oxygen atoms in total. The summed E-state index contributed by atoms with van der Waals surface area (Å²) >= 11 is 0. The van der Waals surface area contributed by atoms with Crippen molar-refractivity contribution in [3.63, 3.8) is 0 Å². The van der Waals surface area contributed by atoms with Gasteiger partial charge in [-0.3, -0.25) is 14.7 Å². The van der Waals surface area contributed by atoms with Crippen molar-refractivity contribution in [1.82, 2.24) is 19.9 Å². The van der Waals surface area contributed by atoms with E-state index in [2.05, 4.69) is 19.9 Å². The second kappa shape index (κ2) is 6.33. The van der Waals surface area contributed by atoms with Gasteiger partial charge >= 0.3 is 0 Å². The number of pyridine rings is 1. The molecule has 1 N–H and O–H groups in total. The fourth-order valence-corrected chi connectivity index (χ4v) is 2.58. The lowest BCUT2D eigenvalue weighted by Gasteiger charge is -2.34. The van der Waals surface area contributed by atoms with Gasteiger partial charge in [0, 0.05) is 19.2 Å². The van der Waals surface area contributed by atoms with Gasteiger partial charge in [0.25, 0.3) is 5.56 Å². The van der Waals surface area contributed by atoms with Gasteiger partial charge in [-0.15, -0.1) is 0 Å². The molecule has 22 heavy (non-hydrogen) atoms. The Labute approximate surface area is 127 Å². The Morgan fingerprint density at radius 1 is 1.50 bits per heavy atom. The summed E-state index contributed by atoms with van der Waals surface area (Å²) in [5.41, 5.74) is 1.28. The summed E-state index contributed by atoms with van der Waals surface area (Å²) in [6.07, 6.45) is 1.21. The van der Waals surface area contributed by atoms with Crippen LogP contribution in [0, 0.1) is 12.7 Å². The zero-order chi connectivity index (χ0) is 15.5. The van der Waals surface area contributed by atoms with Crippen LogP contribution in [-0.2, 0) is 11.3 Å². The van der Waals surface area contributed by atoms with Crippen LogP contribution in [-0.4, -0.2) is 39.6 Å². The number of nitrogens with one attached hydrogen (secondary N) is 1. The molecule has 0 unspecified atom stereocenters. The van der Waals surface area contributed by atoms with Crippen LogP contribution >= 0.6 is 0 Å². The Morgan fingerprint density at radius 2 is 2.36 bits per heavy atom. The van der Waals surface area contributed by atoms with E-state index in [4.69, 9.17) is 4.74 Å². The summed E-state index contributed by atoms with van der Waals surface area (Å²) in [6.45, 7) is 4.09. The zero-order valence-corrected chi connectivity index (χ0v) is 12.3. The maximum Gasteiger partial charge on any atom is 0.251 e. The minimum Gasteiger partial charge on any atom is -0.378 e. The highest BCUT2D eigenvalue weighted by molar-refractivity contribution is 5.11. The molecule has 0 aromatic carbocycles. The van der Waals surface area contributed by atoms with Crippen LogP contribution in [0.15, 0.2) is 29.2 Å². The molecule has 0 spiro atoms. The number of aryl methyl sites for hydroxylation is 1. The highest BCUT2D eigenvalue weighted by atomic mass is 19.1. The van der Waals surface area contributed by atoms with Crippen LogP contribution in [0.1, 0.15) is 23.3 Å². The minimum atomic E-state index is -0.353. The average Bonchev–Trinajstić information content (AvgIpc) is 2.49. The van der Waals surface area contributed by atoms with E-state index in [1.807, 2.05) is 0 Å². The van der Waals surface area contributed by atoms with E-state index in [-0.39, 0.29) is 17.4 Å². The fraction of sp³-hybridized carbons (Fsp3) is 0.400. The van der Waals surface area contributed by atoms with Gasteiger partial charge in [-0.05, 0) is 19.1 Å². The molecule has 3 heterocycles. The number of morpholine rings is 1. The normalized spacial score (nSPS) is 19.3. The number of aromatic nitrogens is 3. The summed E-state index contributed by atoms with van der Waals surface area (Å²) in [4.78, 5) is 24.9. The van der Waals surface area contributed by atoms with Gasteiger partial charge in [0.1, 0.15) is 11.6 Å². The lowest BCUT2D eigenvalue weighted by molar-refractivity contribution is -0.0149. The molecule has 7 heteroatoms. The molecule has 116 valence electrons. The quantitative estimate of drug-likeness (QED) is 0.922. The van der Waals surface area contributed by atoms with E-state index in [0.717, 1.165) is 5.69 Å². The van der Waals surface area contributed by atoms with Gasteiger partial charge in [0.15, 0.2) is 0 Å². The van der Waals surface area contributed by atoms with E-state index in [1.165, 1.54) is 18.3 Å². The maximum atomic E-state index is 13.0. The lowest BCUT2D eigenvalue weighted by Crippen LogP contribution is -2.40. The first kappa shape index (κ1) is 14.8. The molecular weight excluding hydrogens is 287 g/mol. The third-order valence-electron chi connectivity index (χ3n) is 3.61. The number of ether oxygens (including phenoxy) is 1. The average molecular weight is 304 g/mol. The Balaban J connectivity index is 1.84. The van der Waals surface area contributed by atoms with Gasteiger partial charge in [0.2, 0.25) is 0 Å². The van der Waals surface area contributed by atoms with Crippen molar-refractivity contribution in [1.29, 1.82) is 0 Å². The molecule has 2 aromatic rings. The molecule has 0 aliphatic carbocycles. The first-order chi connectivity index (χ1) is 10.6. The molecular formula is C15H17FN4O2. The van der Waals surface area contributed by atoms with Crippen molar-refractivity contribution in [3.05, 3.63) is 57.8 Å². The second-order valence-corrected chi connectivity index (χ2v) is 5.28. The van der Waals surface area contributed by atoms with Gasteiger partial charge in [-0.1, -0.05) is 0 Å². The number of rotatable bonds is 3. The molecule has 0 saturated carbocycles. The van der Waals surface area contributed by atoms with Crippen LogP contribution in [0.3, 0.4) is 0 Å². The molecule has 1 aliphatic rings. The van der Waals surface area contributed by atoms with Crippen molar-refractivity contribution in [3.8, 4) is 0 Å². The SMILES string of the molecule is Cc1nc([C@H]2COCCN2Cc2ccc(F)cn2)cc(=O)[nH]1. The van der Waals surface area contributed by atoms with E-state index >= 15 is 0 Å². The van der Waals surface area contributed by atoms with Crippen LogP contribution in [0.2, 0.25) is 0 Å². The Bertz CT molecular complexity index is 701. The number of halogens is 1. The van der Waals surface area contributed by atoms with E-state index < -0.39 is 0 Å². The molecule has 0 amide bonds. The number of aromatic amines is 1. The van der Waals surface area contributed by atoms with E-state index in [9.17, 15) is 9.18 Å². The minimum absolute atomic E-state index is 0.110. The summed E-state index contributed by atoms with van der Waals surface area (Å²) in [7, 11) is 0. The van der Waals surface area contributed by atoms with Crippen LogP contribution in [0.5, 0.6) is 0 Å². The van der Waals surface area contributed by atoms with Crippen molar-refractivity contribution in [2.75, 3.05) is 19.8 Å². The lowest BCUT2D eigenvalue weighted by atomic mass is 10.1. The first-order valence-electron chi connectivity index (χ1n) is 7.12. The molecule has 2 aromatic heterocycles. The van der Waals surface area contributed by atoms with Crippen molar-refractivity contribution in [2.45, 2.75) is 19.5 Å². The second-order valence-electron chi connectivity index (χ2n) is 5.28. The number of hydrogen-bond donors (Lipinski definition) is 1. The predicted molar refractivity (Wildman–Crippen MR) is 77.8 cm³/mol. The maximum absolute atomic E-state index is 13.0. The van der Waals surface area contributed by atoms with Gasteiger partial charge in [-0.25, -0.2) is 9.37 Å². The molecule has 0 bridgehead atoms. The van der Waals surface area contributed by atoms with Gasteiger partial charge in [-0.2, -0.15) is 0 Å². The predicted octanol–water partition coefficient (Wildman–Crippen LogP) is 1.19. The van der Waals surface area contributed by atoms with Crippen molar-refractivity contribution in [2.24, 2.45) is 0 Å². The number of hydrogen-bond acceptors (Lipinski definition) is 5. The first-order valence-corrected chi connectivity index (χ1v) is 7.12. The molecule has 1 aliphatic heterocycles. The van der Waals surface area contributed by atoms with E-state index in [0.29, 0.717) is 37.8 Å². The van der Waals surface area contributed by atoms with Crippen LogP contribution in [0.4, 0.5) is 4.39 Å². The van der Waals surface area contributed by atoms with Gasteiger partial charge < -0.3 is 9.72 Å². The number of nitrogens with zero attached hydrogens (tertiary/aromatic N) is 3. The Morgan fingerprint density at radius 3 is 3.09 bits per heavy atom. The summed E-state index contributed by atoms with van der Waals surface area (Å²) < 4.78 is 18.5. The Kier molecular flexibility index (Phi) is 4.26. The Hall–Kier alpha value is -2.12. The third kappa shape index (κ3) is 3.37. The van der Waals surface area contributed by atoms with Crippen LogP contribution in [0.25, 0.3) is 0 Å². The molecule has 1 fully saturated rings. The monoisotopic (exact) mass is 304 g/mol. The number of H-pyrrole nitrogens is 1. The topological polar surface area (TPSA) is 71.1 Å². The van der Waals surface area contributed by atoms with Crippen molar-refractivity contribution >= 4 is 0 Å². The zero-order valence-electron chi connectivity index (χ0n) is 12.3. The van der Waals surface area contributed by atoms with Crippen LogP contribution < -0.4 is 5.56 Å². The third-order valence-corrected chi connectivity index (χ3v) is 3.61. The van der Waals surface area contributed by atoms with E-state index in [1.54, 1.807) is 13.0 Å². The van der Waals surface area contributed by atoms with Gasteiger partial charge in [0.05, 0.1) is 36.8 Å². The molecule has 3 rings (SSSR count). The highest BCUT2D eigenvalue weighted by Gasteiger charge is 2.26. The summed E-state index contributed by atoms with van der Waals surface area (Å²) in [5.74, 6) is 0.224. The highest BCUT2D eigenvalue weighted by Crippen LogP contribution is 2.23. The summed E-state index contributed by atoms with van der Waals surface area (Å²) in [5, 5.41) is 0. The largest absolute Gasteiger partial charge is 0.378 e. The molecule has 1 atom stereocenters. The van der Waals surface area contributed by atoms with Crippen molar-refractivity contribution < 1.29 is 9.13 Å².